The minimum absolute atomic E-state index is 0.00887. The predicted molar refractivity (Wildman–Crippen MR) is 105 cm³/mol. The van der Waals surface area contributed by atoms with Crippen molar-refractivity contribution in [1.29, 1.82) is 5.26 Å². The summed E-state index contributed by atoms with van der Waals surface area (Å²) in [5.74, 6) is -2.12. The standard InChI is InChI=1S/C19H13BrFN3O3S/c1-24-15-5-3-2-4-11(15)17-18(28(24,25)26)16(13(9-22)19(23)27-17)12-8-10(20)6-7-14(12)21/h2-8,16H,23H2,1H3. The summed E-state index contributed by atoms with van der Waals surface area (Å²) in [7, 11) is -2.70. The highest BCUT2D eigenvalue weighted by molar-refractivity contribution is 9.10. The van der Waals surface area contributed by atoms with E-state index in [2.05, 4.69) is 15.9 Å². The second-order valence-electron chi connectivity index (χ2n) is 6.27. The first-order valence-electron chi connectivity index (χ1n) is 8.12. The van der Waals surface area contributed by atoms with Gasteiger partial charge in [-0.15, -0.1) is 0 Å². The van der Waals surface area contributed by atoms with Gasteiger partial charge in [0.25, 0.3) is 10.0 Å². The molecule has 1 atom stereocenters. The number of hydrogen-bond acceptors (Lipinski definition) is 5. The fourth-order valence-electron chi connectivity index (χ4n) is 3.44. The third kappa shape index (κ3) is 2.52. The van der Waals surface area contributed by atoms with Crippen LogP contribution in [-0.2, 0) is 14.8 Å². The third-order valence-corrected chi connectivity index (χ3v) is 7.16. The number of hydrogen-bond donors (Lipinski definition) is 1. The molecule has 0 spiro atoms. The first kappa shape index (κ1) is 18.5. The first-order chi connectivity index (χ1) is 13.3. The summed E-state index contributed by atoms with van der Waals surface area (Å²) in [4.78, 5) is -0.212. The zero-order valence-corrected chi connectivity index (χ0v) is 16.9. The van der Waals surface area contributed by atoms with Crippen LogP contribution in [0.1, 0.15) is 17.0 Å². The number of para-hydroxylation sites is 1. The largest absolute Gasteiger partial charge is 0.439 e. The fraction of sp³-hybridized carbons (Fsp3) is 0.105. The molecule has 28 heavy (non-hydrogen) atoms. The smallest absolute Gasteiger partial charge is 0.264 e. The summed E-state index contributed by atoms with van der Waals surface area (Å²) < 4.78 is 48.6. The molecule has 2 aromatic rings. The van der Waals surface area contributed by atoms with Gasteiger partial charge in [-0.1, -0.05) is 28.1 Å². The Kier molecular flexibility index (Phi) is 4.21. The second kappa shape index (κ2) is 6.36. The molecule has 0 fully saturated rings. The number of nitrogens with two attached hydrogens (primary N) is 1. The van der Waals surface area contributed by atoms with E-state index in [0.29, 0.717) is 15.7 Å². The summed E-state index contributed by atoms with van der Waals surface area (Å²) in [6, 6.07) is 12.8. The van der Waals surface area contributed by atoms with Gasteiger partial charge in [0.05, 0.1) is 11.6 Å². The average molecular weight is 462 g/mol. The normalized spacial score (nSPS) is 20.2. The highest BCUT2D eigenvalue weighted by atomic mass is 79.9. The monoisotopic (exact) mass is 461 g/mol. The van der Waals surface area contributed by atoms with Gasteiger partial charge in [-0.2, -0.15) is 5.26 Å². The van der Waals surface area contributed by atoms with Gasteiger partial charge in [0.2, 0.25) is 5.88 Å². The van der Waals surface area contributed by atoms with Gasteiger partial charge in [0.1, 0.15) is 22.4 Å². The molecule has 2 N–H and O–H groups in total. The zero-order chi connectivity index (χ0) is 20.2. The van der Waals surface area contributed by atoms with Crippen molar-refractivity contribution in [3.8, 4) is 6.07 Å². The van der Waals surface area contributed by atoms with E-state index in [1.807, 2.05) is 6.07 Å². The Morgan fingerprint density at radius 1 is 1.29 bits per heavy atom. The van der Waals surface area contributed by atoms with Crippen LogP contribution in [0.3, 0.4) is 0 Å². The zero-order valence-electron chi connectivity index (χ0n) is 14.5. The molecule has 0 radical (unpaired) electrons. The molecule has 0 aromatic heterocycles. The van der Waals surface area contributed by atoms with Gasteiger partial charge in [0.15, 0.2) is 5.76 Å². The minimum Gasteiger partial charge on any atom is -0.439 e. The molecule has 0 saturated carbocycles. The number of halogens is 2. The van der Waals surface area contributed by atoms with Crippen LogP contribution in [0.5, 0.6) is 0 Å². The lowest BCUT2D eigenvalue weighted by molar-refractivity contribution is 0.357. The molecule has 142 valence electrons. The van der Waals surface area contributed by atoms with Crippen LogP contribution in [-0.4, -0.2) is 15.5 Å². The minimum atomic E-state index is -4.10. The Morgan fingerprint density at radius 2 is 2.00 bits per heavy atom. The van der Waals surface area contributed by atoms with Crippen molar-refractivity contribution in [2.24, 2.45) is 5.73 Å². The lowest BCUT2D eigenvalue weighted by atomic mass is 9.88. The summed E-state index contributed by atoms with van der Waals surface area (Å²) in [5.41, 5.74) is 6.71. The van der Waals surface area contributed by atoms with Crippen molar-refractivity contribution >= 4 is 37.4 Å². The summed E-state index contributed by atoms with van der Waals surface area (Å²) in [6.45, 7) is 0. The van der Waals surface area contributed by atoms with Gasteiger partial charge >= 0.3 is 0 Å². The molecule has 6 nitrogen and oxygen atoms in total. The molecule has 1 unspecified atom stereocenters. The first-order valence-corrected chi connectivity index (χ1v) is 10.4. The molecule has 9 heteroatoms. The third-order valence-electron chi connectivity index (χ3n) is 4.77. The topological polar surface area (TPSA) is 96.4 Å². The molecule has 0 bridgehead atoms. The maximum atomic E-state index is 14.7. The summed E-state index contributed by atoms with van der Waals surface area (Å²) in [5, 5.41) is 9.64. The van der Waals surface area contributed by atoms with Gasteiger partial charge in [-0.05, 0) is 30.3 Å². The molecule has 2 aliphatic heterocycles. The van der Waals surface area contributed by atoms with Gasteiger partial charge in [-0.3, -0.25) is 4.31 Å². The lowest BCUT2D eigenvalue weighted by Gasteiger charge is -2.36. The average Bonchev–Trinajstić information content (AvgIpc) is 2.67. The number of nitriles is 1. The molecule has 2 heterocycles. The van der Waals surface area contributed by atoms with Crippen molar-refractivity contribution in [3.63, 3.8) is 0 Å². The van der Waals surface area contributed by atoms with Crippen LogP contribution in [0.2, 0.25) is 0 Å². The van der Waals surface area contributed by atoms with E-state index in [1.165, 1.54) is 25.2 Å². The van der Waals surface area contributed by atoms with Crippen LogP contribution >= 0.6 is 15.9 Å². The predicted octanol–water partition coefficient (Wildman–Crippen LogP) is 3.54. The van der Waals surface area contributed by atoms with E-state index in [4.69, 9.17) is 10.5 Å². The second-order valence-corrected chi connectivity index (χ2v) is 9.13. The number of anilines is 1. The Bertz CT molecular complexity index is 1230. The van der Waals surface area contributed by atoms with Crippen molar-refractivity contribution in [2.45, 2.75) is 5.92 Å². The Labute approximate surface area is 169 Å². The molecule has 0 saturated heterocycles. The van der Waals surface area contributed by atoms with Crippen molar-refractivity contribution in [1.82, 2.24) is 0 Å². The maximum Gasteiger partial charge on any atom is 0.264 e. The molecule has 0 amide bonds. The molecule has 0 aliphatic carbocycles. The molecule has 2 aromatic carbocycles. The molecule has 2 aliphatic rings. The van der Waals surface area contributed by atoms with E-state index >= 15 is 0 Å². The number of benzene rings is 2. The van der Waals surface area contributed by atoms with Crippen molar-refractivity contribution < 1.29 is 17.5 Å². The van der Waals surface area contributed by atoms with Crippen LogP contribution in [0.25, 0.3) is 5.76 Å². The van der Waals surface area contributed by atoms with E-state index in [1.54, 1.807) is 24.3 Å². The molecular weight excluding hydrogens is 449 g/mol. The fourth-order valence-corrected chi connectivity index (χ4v) is 5.46. The number of sulfonamides is 1. The van der Waals surface area contributed by atoms with Gasteiger partial charge in [-0.25, -0.2) is 12.8 Å². The van der Waals surface area contributed by atoms with E-state index in [9.17, 15) is 18.1 Å². The van der Waals surface area contributed by atoms with Crippen LogP contribution in [0.4, 0.5) is 10.1 Å². The summed E-state index contributed by atoms with van der Waals surface area (Å²) in [6.07, 6.45) is 0. The quantitative estimate of drug-likeness (QED) is 0.700. The maximum absolute atomic E-state index is 14.7. The van der Waals surface area contributed by atoms with Crippen molar-refractivity contribution in [3.05, 3.63) is 80.2 Å². The Hall–Kier alpha value is -2.83. The number of fused-ring (bicyclic) bond motifs is 2. The Balaban J connectivity index is 2.11. The lowest BCUT2D eigenvalue weighted by Crippen LogP contribution is -2.37. The number of nitrogens with zero attached hydrogens (tertiary/aromatic N) is 2. The number of allylic oxidation sites excluding steroid dienone is 2. The van der Waals surface area contributed by atoms with Crippen LogP contribution in [0.15, 0.2) is 63.3 Å². The van der Waals surface area contributed by atoms with Gasteiger partial charge < -0.3 is 10.5 Å². The molecular formula is C19H13BrFN3O3S. The number of ether oxygens (including phenoxy) is 1. The van der Waals surface area contributed by atoms with E-state index in [-0.39, 0.29) is 27.7 Å². The number of rotatable bonds is 1. The van der Waals surface area contributed by atoms with Crippen LogP contribution in [0, 0.1) is 17.1 Å². The van der Waals surface area contributed by atoms with E-state index < -0.39 is 21.8 Å². The van der Waals surface area contributed by atoms with Gasteiger partial charge in [0, 0.05) is 22.6 Å². The summed E-state index contributed by atoms with van der Waals surface area (Å²) >= 11 is 3.27. The van der Waals surface area contributed by atoms with Crippen LogP contribution < -0.4 is 10.0 Å². The highest BCUT2D eigenvalue weighted by Crippen LogP contribution is 2.51. The molecule has 4 rings (SSSR count). The Morgan fingerprint density at radius 3 is 2.71 bits per heavy atom. The van der Waals surface area contributed by atoms with Crippen molar-refractivity contribution in [2.75, 3.05) is 11.4 Å². The SMILES string of the molecule is CN1c2ccccc2C2=C(C(c3cc(Br)ccc3F)C(C#N)=C(N)O2)S1(=O)=O. The van der Waals surface area contributed by atoms with E-state index in [0.717, 1.165) is 4.31 Å². The highest BCUT2D eigenvalue weighted by Gasteiger charge is 2.46.